The average molecular weight is 297 g/mol. The second-order valence-electron chi connectivity index (χ2n) is 5.29. The first-order valence-electron chi connectivity index (χ1n) is 6.61. The van der Waals surface area contributed by atoms with E-state index in [2.05, 4.69) is 5.32 Å². The zero-order valence-corrected chi connectivity index (χ0v) is 10.9. The van der Waals surface area contributed by atoms with Gasteiger partial charge in [-0.3, -0.25) is 9.59 Å². The normalized spacial score (nSPS) is 30.4. The summed E-state index contributed by atoms with van der Waals surface area (Å²) in [6, 6.07) is 2.78. The number of anilines is 1. The molecule has 4 atom stereocenters. The molecular weight excluding hydrogens is 284 g/mol. The SMILES string of the molecule is O=C(O)[C@H]1[C@H](C(=O)Nc2ccc(F)cc2F)[C@H]2CC[C@H]1O2. The summed E-state index contributed by atoms with van der Waals surface area (Å²) in [6.07, 6.45) is 0.287. The molecule has 2 aliphatic heterocycles. The minimum Gasteiger partial charge on any atom is -0.481 e. The molecule has 3 rings (SSSR count). The van der Waals surface area contributed by atoms with Crippen LogP contribution >= 0.6 is 0 Å². The molecule has 1 amide bonds. The second-order valence-corrected chi connectivity index (χ2v) is 5.29. The van der Waals surface area contributed by atoms with E-state index < -0.39 is 47.6 Å². The molecule has 0 aliphatic carbocycles. The third kappa shape index (κ3) is 2.37. The van der Waals surface area contributed by atoms with Gasteiger partial charge in [0, 0.05) is 6.07 Å². The highest BCUT2D eigenvalue weighted by atomic mass is 19.1. The van der Waals surface area contributed by atoms with Gasteiger partial charge >= 0.3 is 5.97 Å². The van der Waals surface area contributed by atoms with Crippen molar-refractivity contribution in [2.24, 2.45) is 11.8 Å². The number of hydrogen-bond acceptors (Lipinski definition) is 3. The van der Waals surface area contributed by atoms with Crippen LogP contribution in [0.4, 0.5) is 14.5 Å². The van der Waals surface area contributed by atoms with Gasteiger partial charge in [-0.2, -0.15) is 0 Å². The van der Waals surface area contributed by atoms with Crippen molar-refractivity contribution < 1.29 is 28.2 Å². The molecule has 2 aliphatic rings. The fraction of sp³-hybridized carbons (Fsp3) is 0.429. The second kappa shape index (κ2) is 5.07. The Morgan fingerprint density at radius 3 is 2.48 bits per heavy atom. The van der Waals surface area contributed by atoms with Crippen LogP contribution in [0.15, 0.2) is 18.2 Å². The first-order chi connectivity index (χ1) is 9.97. The highest BCUT2D eigenvalue weighted by Crippen LogP contribution is 2.44. The highest BCUT2D eigenvalue weighted by molar-refractivity contribution is 5.96. The Morgan fingerprint density at radius 1 is 1.19 bits per heavy atom. The van der Waals surface area contributed by atoms with Crippen LogP contribution in [0.1, 0.15) is 12.8 Å². The Kier molecular flexibility index (Phi) is 3.36. The molecule has 1 aromatic carbocycles. The summed E-state index contributed by atoms with van der Waals surface area (Å²) in [6.45, 7) is 0. The number of carboxylic acid groups (broad SMARTS) is 1. The molecule has 0 saturated carbocycles. The van der Waals surface area contributed by atoms with Crippen LogP contribution in [-0.2, 0) is 14.3 Å². The number of carboxylic acids is 1. The zero-order valence-electron chi connectivity index (χ0n) is 10.9. The molecule has 2 bridgehead atoms. The topological polar surface area (TPSA) is 75.6 Å². The van der Waals surface area contributed by atoms with E-state index in [1.807, 2.05) is 0 Å². The molecule has 0 radical (unpaired) electrons. The number of halogens is 2. The molecule has 1 aromatic rings. The molecule has 2 saturated heterocycles. The molecule has 112 valence electrons. The summed E-state index contributed by atoms with van der Waals surface area (Å²) in [5, 5.41) is 11.6. The van der Waals surface area contributed by atoms with Gasteiger partial charge in [0.05, 0.1) is 29.7 Å². The maximum Gasteiger partial charge on any atom is 0.310 e. The van der Waals surface area contributed by atoms with Crippen LogP contribution in [0.5, 0.6) is 0 Å². The molecular formula is C14H13F2NO4. The lowest BCUT2D eigenvalue weighted by molar-refractivity contribution is -0.147. The number of ether oxygens (including phenoxy) is 1. The van der Waals surface area contributed by atoms with Gasteiger partial charge in [0.1, 0.15) is 11.6 Å². The first kappa shape index (κ1) is 13.9. The summed E-state index contributed by atoms with van der Waals surface area (Å²) in [4.78, 5) is 23.5. The van der Waals surface area contributed by atoms with Crippen molar-refractivity contribution in [1.82, 2.24) is 0 Å². The number of amides is 1. The molecule has 5 nitrogen and oxygen atoms in total. The van der Waals surface area contributed by atoms with Crippen molar-refractivity contribution in [3.63, 3.8) is 0 Å². The third-order valence-electron chi connectivity index (χ3n) is 4.05. The fourth-order valence-corrected chi connectivity index (χ4v) is 3.13. The van der Waals surface area contributed by atoms with Crippen LogP contribution in [-0.4, -0.2) is 29.2 Å². The Hall–Kier alpha value is -2.02. The van der Waals surface area contributed by atoms with E-state index in [1.165, 1.54) is 0 Å². The Morgan fingerprint density at radius 2 is 1.86 bits per heavy atom. The predicted molar refractivity (Wildman–Crippen MR) is 67.5 cm³/mol. The quantitative estimate of drug-likeness (QED) is 0.891. The number of rotatable bonds is 3. The lowest BCUT2D eigenvalue weighted by atomic mass is 9.78. The fourth-order valence-electron chi connectivity index (χ4n) is 3.13. The smallest absolute Gasteiger partial charge is 0.310 e. The summed E-state index contributed by atoms with van der Waals surface area (Å²) in [5.41, 5.74) is -0.173. The minimum absolute atomic E-state index is 0.173. The summed E-state index contributed by atoms with van der Waals surface area (Å²) < 4.78 is 31.8. The van der Waals surface area contributed by atoms with E-state index >= 15 is 0 Å². The number of carbonyl (C=O) groups excluding carboxylic acids is 1. The van der Waals surface area contributed by atoms with Gasteiger partial charge in [-0.25, -0.2) is 8.78 Å². The largest absolute Gasteiger partial charge is 0.481 e. The predicted octanol–water partition coefficient (Wildman–Crippen LogP) is 1.78. The van der Waals surface area contributed by atoms with Crippen LogP contribution < -0.4 is 5.32 Å². The molecule has 7 heteroatoms. The van der Waals surface area contributed by atoms with E-state index in [-0.39, 0.29) is 5.69 Å². The van der Waals surface area contributed by atoms with Gasteiger partial charge in [0.15, 0.2) is 0 Å². The number of benzene rings is 1. The van der Waals surface area contributed by atoms with Crippen LogP contribution in [0.3, 0.4) is 0 Å². The van der Waals surface area contributed by atoms with Gasteiger partial charge in [0.2, 0.25) is 5.91 Å². The number of hydrogen-bond donors (Lipinski definition) is 2. The van der Waals surface area contributed by atoms with Gasteiger partial charge in [-0.15, -0.1) is 0 Å². The Balaban J connectivity index is 1.80. The summed E-state index contributed by atoms with van der Waals surface area (Å²) >= 11 is 0. The number of carbonyl (C=O) groups is 2. The number of nitrogens with one attached hydrogen (secondary N) is 1. The number of aliphatic carboxylic acids is 1. The highest BCUT2D eigenvalue weighted by Gasteiger charge is 2.55. The van der Waals surface area contributed by atoms with Crippen molar-refractivity contribution in [2.45, 2.75) is 25.0 Å². The molecule has 0 unspecified atom stereocenters. The standard InChI is InChI=1S/C14H13F2NO4/c15-6-1-2-8(7(16)5-6)17-13(18)11-9-3-4-10(21-9)12(11)14(19)20/h1-2,5,9-12H,3-4H2,(H,17,18)(H,19,20)/t9-,10-,11-,12-/m1/s1. The molecule has 0 aromatic heterocycles. The van der Waals surface area contributed by atoms with Gasteiger partial charge in [0.25, 0.3) is 0 Å². The van der Waals surface area contributed by atoms with Crippen LogP contribution in [0.2, 0.25) is 0 Å². The summed E-state index contributed by atoms with van der Waals surface area (Å²) in [7, 11) is 0. The van der Waals surface area contributed by atoms with Crippen molar-refractivity contribution >= 4 is 17.6 Å². The van der Waals surface area contributed by atoms with Crippen molar-refractivity contribution in [3.8, 4) is 0 Å². The Labute approximate surface area is 118 Å². The first-order valence-corrected chi connectivity index (χ1v) is 6.61. The monoisotopic (exact) mass is 297 g/mol. The molecule has 21 heavy (non-hydrogen) atoms. The molecule has 2 N–H and O–H groups in total. The van der Waals surface area contributed by atoms with E-state index in [0.29, 0.717) is 18.9 Å². The van der Waals surface area contributed by atoms with Crippen LogP contribution in [0, 0.1) is 23.5 Å². The number of fused-ring (bicyclic) bond motifs is 2. The van der Waals surface area contributed by atoms with E-state index in [0.717, 1.165) is 12.1 Å². The van der Waals surface area contributed by atoms with Crippen molar-refractivity contribution in [3.05, 3.63) is 29.8 Å². The van der Waals surface area contributed by atoms with Crippen molar-refractivity contribution in [2.75, 3.05) is 5.32 Å². The zero-order chi connectivity index (χ0) is 15.1. The maximum atomic E-state index is 13.5. The summed E-state index contributed by atoms with van der Waals surface area (Å²) in [5.74, 6) is -5.14. The van der Waals surface area contributed by atoms with Gasteiger partial charge in [-0.05, 0) is 25.0 Å². The van der Waals surface area contributed by atoms with Gasteiger partial charge in [-0.1, -0.05) is 0 Å². The lowest BCUT2D eigenvalue weighted by Gasteiger charge is -2.23. The van der Waals surface area contributed by atoms with Crippen LogP contribution in [0.25, 0.3) is 0 Å². The van der Waals surface area contributed by atoms with E-state index in [1.54, 1.807) is 0 Å². The average Bonchev–Trinajstić information content (AvgIpc) is 3.02. The minimum atomic E-state index is -1.10. The third-order valence-corrected chi connectivity index (χ3v) is 4.05. The maximum absolute atomic E-state index is 13.5. The molecule has 0 spiro atoms. The van der Waals surface area contributed by atoms with Crippen molar-refractivity contribution in [1.29, 1.82) is 0 Å². The molecule has 2 fully saturated rings. The molecule has 2 heterocycles. The van der Waals surface area contributed by atoms with E-state index in [4.69, 9.17) is 4.74 Å². The Bertz CT molecular complexity index is 607. The lowest BCUT2D eigenvalue weighted by Crippen LogP contribution is -2.41. The van der Waals surface area contributed by atoms with E-state index in [9.17, 15) is 23.5 Å². The van der Waals surface area contributed by atoms with Gasteiger partial charge < -0.3 is 15.2 Å².